The molecule has 3 atom stereocenters. The third-order valence-electron chi connectivity index (χ3n) is 4.00. The van der Waals surface area contributed by atoms with Gasteiger partial charge in [-0.2, -0.15) is 0 Å². The zero-order chi connectivity index (χ0) is 14.0. The van der Waals surface area contributed by atoms with Crippen LogP contribution in [0.15, 0.2) is 18.2 Å². The van der Waals surface area contributed by atoms with Crippen LogP contribution in [-0.2, 0) is 9.53 Å². The molecule has 2 rings (SSSR count). The van der Waals surface area contributed by atoms with Gasteiger partial charge < -0.3 is 9.47 Å². The molecular formula is C16H22O3. The number of esters is 1. The van der Waals surface area contributed by atoms with E-state index in [1.807, 2.05) is 6.07 Å². The van der Waals surface area contributed by atoms with Gasteiger partial charge in [0.1, 0.15) is 5.75 Å². The Hall–Kier alpha value is -1.51. The van der Waals surface area contributed by atoms with Crippen LogP contribution in [0.3, 0.4) is 0 Å². The standard InChI is InChI=1S/C16H22O3/c1-10-5-6-15(18-3)13(7-10)11(2)8-12-9-14(12)16(17)19-4/h5-7,11-12,14H,8-9H2,1-4H3. The lowest BCUT2D eigenvalue weighted by molar-refractivity contribution is -0.142. The number of rotatable bonds is 5. The van der Waals surface area contributed by atoms with Crippen LogP contribution in [0.1, 0.15) is 36.8 Å². The molecule has 1 aromatic rings. The lowest BCUT2D eigenvalue weighted by Crippen LogP contribution is -2.06. The molecule has 0 bridgehead atoms. The molecule has 1 aromatic carbocycles. The highest BCUT2D eigenvalue weighted by Crippen LogP contribution is 2.46. The van der Waals surface area contributed by atoms with E-state index in [2.05, 4.69) is 26.0 Å². The third-order valence-corrected chi connectivity index (χ3v) is 4.00. The van der Waals surface area contributed by atoms with Crippen molar-refractivity contribution in [1.82, 2.24) is 0 Å². The molecule has 0 aromatic heterocycles. The van der Waals surface area contributed by atoms with Crippen LogP contribution < -0.4 is 4.74 Å². The summed E-state index contributed by atoms with van der Waals surface area (Å²) in [6.07, 6.45) is 1.98. The monoisotopic (exact) mass is 262 g/mol. The van der Waals surface area contributed by atoms with Gasteiger partial charge in [0.25, 0.3) is 0 Å². The Bertz CT molecular complexity index is 467. The summed E-state index contributed by atoms with van der Waals surface area (Å²) in [4.78, 5) is 11.4. The van der Waals surface area contributed by atoms with Crippen molar-refractivity contribution < 1.29 is 14.3 Å². The van der Waals surface area contributed by atoms with Gasteiger partial charge in [-0.15, -0.1) is 0 Å². The Morgan fingerprint density at radius 2 is 2.16 bits per heavy atom. The summed E-state index contributed by atoms with van der Waals surface area (Å²) < 4.78 is 10.2. The van der Waals surface area contributed by atoms with Gasteiger partial charge in [0, 0.05) is 0 Å². The van der Waals surface area contributed by atoms with Crippen LogP contribution in [0.2, 0.25) is 0 Å². The maximum atomic E-state index is 11.4. The summed E-state index contributed by atoms with van der Waals surface area (Å²) >= 11 is 0. The molecule has 1 fully saturated rings. The summed E-state index contributed by atoms with van der Waals surface area (Å²) in [5.41, 5.74) is 2.47. The van der Waals surface area contributed by atoms with Crippen LogP contribution in [0.25, 0.3) is 0 Å². The van der Waals surface area contributed by atoms with E-state index in [4.69, 9.17) is 9.47 Å². The topological polar surface area (TPSA) is 35.5 Å². The fourth-order valence-corrected chi connectivity index (χ4v) is 2.77. The van der Waals surface area contributed by atoms with Crippen molar-refractivity contribution in [3.05, 3.63) is 29.3 Å². The van der Waals surface area contributed by atoms with Gasteiger partial charge >= 0.3 is 5.97 Å². The Labute approximate surface area is 114 Å². The van der Waals surface area contributed by atoms with Gasteiger partial charge in [0.05, 0.1) is 20.1 Å². The van der Waals surface area contributed by atoms with Crippen molar-refractivity contribution in [2.24, 2.45) is 11.8 Å². The number of carbonyl (C=O) groups excluding carboxylic acids is 1. The maximum Gasteiger partial charge on any atom is 0.308 e. The predicted molar refractivity (Wildman–Crippen MR) is 74.4 cm³/mol. The SMILES string of the molecule is COC(=O)C1CC1CC(C)c1cc(C)ccc1OC. The average molecular weight is 262 g/mol. The highest BCUT2D eigenvalue weighted by molar-refractivity contribution is 5.75. The van der Waals surface area contributed by atoms with Gasteiger partial charge in [0.15, 0.2) is 0 Å². The van der Waals surface area contributed by atoms with E-state index in [-0.39, 0.29) is 11.9 Å². The van der Waals surface area contributed by atoms with Crippen molar-refractivity contribution in [3.63, 3.8) is 0 Å². The van der Waals surface area contributed by atoms with E-state index in [0.717, 1.165) is 18.6 Å². The molecule has 0 amide bonds. The Morgan fingerprint density at radius 3 is 2.79 bits per heavy atom. The normalized spacial score (nSPS) is 22.7. The molecule has 0 heterocycles. The van der Waals surface area contributed by atoms with Crippen LogP contribution >= 0.6 is 0 Å². The van der Waals surface area contributed by atoms with Crippen LogP contribution in [0.4, 0.5) is 0 Å². The molecule has 3 unspecified atom stereocenters. The summed E-state index contributed by atoms with van der Waals surface area (Å²) in [6, 6.07) is 6.26. The molecule has 0 radical (unpaired) electrons. The van der Waals surface area contributed by atoms with Crippen molar-refractivity contribution in [2.45, 2.75) is 32.6 Å². The average Bonchev–Trinajstić information content (AvgIpc) is 3.17. The number of hydrogen-bond donors (Lipinski definition) is 0. The van der Waals surface area contributed by atoms with E-state index >= 15 is 0 Å². The van der Waals surface area contributed by atoms with Crippen LogP contribution in [0, 0.1) is 18.8 Å². The smallest absolute Gasteiger partial charge is 0.308 e. The second kappa shape index (κ2) is 5.64. The lowest BCUT2D eigenvalue weighted by atomic mass is 9.93. The van der Waals surface area contributed by atoms with Gasteiger partial charge in [-0.25, -0.2) is 0 Å². The summed E-state index contributed by atoms with van der Waals surface area (Å²) in [6.45, 7) is 4.29. The predicted octanol–water partition coefficient (Wildman–Crippen LogP) is 3.31. The van der Waals surface area contributed by atoms with E-state index in [0.29, 0.717) is 11.8 Å². The Balaban J connectivity index is 2.03. The lowest BCUT2D eigenvalue weighted by Gasteiger charge is -2.16. The van der Waals surface area contributed by atoms with E-state index in [1.54, 1.807) is 7.11 Å². The molecule has 0 N–H and O–H groups in total. The summed E-state index contributed by atoms with van der Waals surface area (Å²) in [5, 5.41) is 0. The number of carbonyl (C=O) groups is 1. The zero-order valence-electron chi connectivity index (χ0n) is 12.1. The molecule has 1 aliphatic rings. The van der Waals surface area contributed by atoms with Crippen molar-refractivity contribution in [3.8, 4) is 5.75 Å². The first-order chi connectivity index (χ1) is 9.06. The fraction of sp³-hybridized carbons (Fsp3) is 0.562. The highest BCUT2D eigenvalue weighted by Gasteiger charge is 2.44. The number of ether oxygens (including phenoxy) is 2. The highest BCUT2D eigenvalue weighted by atomic mass is 16.5. The van der Waals surface area contributed by atoms with Gasteiger partial charge in [-0.1, -0.05) is 24.6 Å². The minimum atomic E-state index is -0.0617. The molecule has 0 spiro atoms. The first-order valence-corrected chi connectivity index (χ1v) is 6.79. The van der Waals surface area contributed by atoms with Gasteiger partial charge in [-0.05, 0) is 43.2 Å². The Morgan fingerprint density at radius 1 is 1.42 bits per heavy atom. The fourth-order valence-electron chi connectivity index (χ4n) is 2.77. The van der Waals surface area contributed by atoms with E-state index in [1.165, 1.54) is 18.2 Å². The third kappa shape index (κ3) is 3.09. The zero-order valence-corrected chi connectivity index (χ0v) is 12.1. The number of benzene rings is 1. The van der Waals surface area contributed by atoms with Crippen molar-refractivity contribution in [1.29, 1.82) is 0 Å². The number of methoxy groups -OCH3 is 2. The molecule has 0 aliphatic heterocycles. The summed E-state index contributed by atoms with van der Waals surface area (Å²) in [7, 11) is 3.17. The molecule has 1 saturated carbocycles. The minimum absolute atomic E-state index is 0.0617. The minimum Gasteiger partial charge on any atom is -0.496 e. The summed E-state index contributed by atoms with van der Waals surface area (Å²) in [5.74, 6) is 1.85. The largest absolute Gasteiger partial charge is 0.496 e. The van der Waals surface area contributed by atoms with Crippen LogP contribution in [0.5, 0.6) is 5.75 Å². The molecule has 3 nitrogen and oxygen atoms in total. The molecule has 0 saturated heterocycles. The van der Waals surface area contributed by atoms with Crippen molar-refractivity contribution in [2.75, 3.05) is 14.2 Å². The van der Waals surface area contributed by atoms with E-state index in [9.17, 15) is 4.79 Å². The first-order valence-electron chi connectivity index (χ1n) is 6.79. The van der Waals surface area contributed by atoms with Gasteiger partial charge in [-0.3, -0.25) is 4.79 Å². The number of hydrogen-bond acceptors (Lipinski definition) is 3. The molecule has 19 heavy (non-hydrogen) atoms. The maximum absolute atomic E-state index is 11.4. The number of aryl methyl sites for hydroxylation is 1. The molecule has 3 heteroatoms. The van der Waals surface area contributed by atoms with Crippen molar-refractivity contribution >= 4 is 5.97 Å². The first kappa shape index (κ1) is 13.9. The molecule has 104 valence electrons. The van der Waals surface area contributed by atoms with Gasteiger partial charge in [0.2, 0.25) is 0 Å². The second-order valence-electron chi connectivity index (χ2n) is 5.51. The molecular weight excluding hydrogens is 240 g/mol. The second-order valence-corrected chi connectivity index (χ2v) is 5.51. The quantitative estimate of drug-likeness (QED) is 0.764. The van der Waals surface area contributed by atoms with Crippen LogP contribution in [-0.4, -0.2) is 20.2 Å². The Kier molecular flexibility index (Phi) is 4.13. The molecule has 1 aliphatic carbocycles. The van der Waals surface area contributed by atoms with E-state index < -0.39 is 0 Å².